The summed E-state index contributed by atoms with van der Waals surface area (Å²) in [6, 6.07) is 1.96. The van der Waals surface area contributed by atoms with Gasteiger partial charge >= 0.3 is 0 Å². The zero-order chi connectivity index (χ0) is 8.81. The Bertz CT molecular complexity index is 271. The zero-order valence-corrected chi connectivity index (χ0v) is 8.14. The Morgan fingerprint density at radius 1 is 1.50 bits per heavy atom. The van der Waals surface area contributed by atoms with Gasteiger partial charge in [-0.3, -0.25) is 0 Å². The lowest BCUT2D eigenvalue weighted by Crippen LogP contribution is -1.85. The molecular weight excluding hydrogens is 168 g/mol. The first-order valence-electron chi connectivity index (χ1n) is 3.89. The third-order valence-electron chi connectivity index (χ3n) is 1.33. The van der Waals surface area contributed by atoms with E-state index in [9.17, 15) is 0 Å². The quantitative estimate of drug-likeness (QED) is 0.714. The fourth-order valence-electron chi connectivity index (χ4n) is 0.780. The van der Waals surface area contributed by atoms with Crippen LogP contribution in [0.3, 0.4) is 0 Å². The molecule has 64 valence electrons. The van der Waals surface area contributed by atoms with E-state index in [-0.39, 0.29) is 0 Å². The van der Waals surface area contributed by atoms with Crippen molar-refractivity contribution >= 4 is 17.8 Å². The molecule has 12 heavy (non-hydrogen) atoms. The topological polar surface area (TPSA) is 25.8 Å². The Kier molecular flexibility index (Phi) is 3.80. The van der Waals surface area contributed by atoms with Gasteiger partial charge in [0.05, 0.1) is 5.69 Å². The maximum atomic E-state index is 4.10. The number of nitrogens with zero attached hydrogens (tertiary/aromatic N) is 2. The number of aromatic nitrogens is 2. The highest BCUT2D eigenvalue weighted by atomic mass is 32.2. The average Bonchev–Trinajstić information content (AvgIpc) is 2.05. The fourth-order valence-corrected chi connectivity index (χ4v) is 1.21. The van der Waals surface area contributed by atoms with Crippen LogP contribution >= 0.6 is 11.8 Å². The van der Waals surface area contributed by atoms with Gasteiger partial charge in [-0.1, -0.05) is 6.92 Å². The van der Waals surface area contributed by atoms with Crippen molar-refractivity contribution in [2.45, 2.75) is 13.8 Å². The Balaban J connectivity index is 2.63. The largest absolute Gasteiger partial charge is 0.242 e. The van der Waals surface area contributed by atoms with Crippen molar-refractivity contribution in [1.82, 2.24) is 9.97 Å². The molecular formula is C9H12N2S. The Morgan fingerprint density at radius 2 is 2.33 bits per heavy atom. The van der Waals surface area contributed by atoms with Crippen molar-refractivity contribution in [1.29, 1.82) is 0 Å². The van der Waals surface area contributed by atoms with E-state index in [1.807, 2.05) is 19.1 Å². The van der Waals surface area contributed by atoms with Gasteiger partial charge in [0.25, 0.3) is 0 Å². The number of hydrogen-bond acceptors (Lipinski definition) is 3. The van der Waals surface area contributed by atoms with Crippen molar-refractivity contribution in [3.05, 3.63) is 29.2 Å². The number of thioether (sulfide) groups is 1. The van der Waals surface area contributed by atoms with Crippen molar-refractivity contribution < 1.29 is 0 Å². The fraction of sp³-hybridized carbons (Fsp3) is 0.333. The molecule has 1 heterocycles. The van der Waals surface area contributed by atoms with Crippen LogP contribution in [0.5, 0.6) is 0 Å². The summed E-state index contributed by atoms with van der Waals surface area (Å²) in [6.45, 7) is 4.09. The molecule has 0 saturated heterocycles. The van der Waals surface area contributed by atoms with Crippen LogP contribution in [0.15, 0.2) is 17.8 Å². The lowest BCUT2D eigenvalue weighted by Gasteiger charge is -1.92. The molecule has 0 aliphatic rings. The van der Waals surface area contributed by atoms with E-state index in [1.54, 1.807) is 18.1 Å². The molecule has 1 rings (SSSR count). The summed E-state index contributed by atoms with van der Waals surface area (Å²) in [5.41, 5.74) is 1.98. The maximum Gasteiger partial charge on any atom is 0.116 e. The monoisotopic (exact) mass is 180 g/mol. The Hall–Kier alpha value is -0.830. The molecule has 0 bridgehead atoms. The van der Waals surface area contributed by atoms with E-state index in [2.05, 4.69) is 22.3 Å². The van der Waals surface area contributed by atoms with Crippen LogP contribution < -0.4 is 0 Å². The predicted molar refractivity (Wildman–Crippen MR) is 53.9 cm³/mol. The minimum Gasteiger partial charge on any atom is -0.242 e. The number of aryl methyl sites for hydroxylation is 1. The highest BCUT2D eigenvalue weighted by Gasteiger charge is 1.88. The van der Waals surface area contributed by atoms with E-state index >= 15 is 0 Å². The molecule has 0 radical (unpaired) electrons. The summed E-state index contributed by atoms with van der Waals surface area (Å²) in [7, 11) is 0. The van der Waals surface area contributed by atoms with Crippen LogP contribution in [0.1, 0.15) is 18.3 Å². The second-order valence-corrected chi connectivity index (χ2v) is 3.53. The first-order chi connectivity index (χ1) is 5.83. The molecule has 0 atom stereocenters. The van der Waals surface area contributed by atoms with Crippen LogP contribution in [-0.4, -0.2) is 15.7 Å². The summed E-state index contributed by atoms with van der Waals surface area (Å²) < 4.78 is 0. The van der Waals surface area contributed by atoms with Crippen molar-refractivity contribution in [3.8, 4) is 0 Å². The maximum absolute atomic E-state index is 4.10. The molecule has 0 aliphatic heterocycles. The zero-order valence-electron chi connectivity index (χ0n) is 7.32. The van der Waals surface area contributed by atoms with Crippen LogP contribution in [0.2, 0.25) is 0 Å². The van der Waals surface area contributed by atoms with Gasteiger partial charge in [-0.15, -0.1) is 11.8 Å². The molecule has 1 aromatic rings. The summed E-state index contributed by atoms with van der Waals surface area (Å²) in [4.78, 5) is 8.12. The summed E-state index contributed by atoms with van der Waals surface area (Å²) in [6.07, 6.45) is 3.59. The highest BCUT2D eigenvalue weighted by Crippen LogP contribution is 2.05. The third kappa shape index (κ3) is 3.05. The van der Waals surface area contributed by atoms with Gasteiger partial charge in [0, 0.05) is 5.69 Å². The molecule has 0 amide bonds. The van der Waals surface area contributed by atoms with Crippen LogP contribution in [-0.2, 0) is 0 Å². The van der Waals surface area contributed by atoms with Gasteiger partial charge in [0.2, 0.25) is 0 Å². The first-order valence-corrected chi connectivity index (χ1v) is 4.94. The van der Waals surface area contributed by atoms with Crippen LogP contribution in [0.4, 0.5) is 0 Å². The number of hydrogen-bond donors (Lipinski definition) is 0. The summed E-state index contributed by atoms with van der Waals surface area (Å²) >= 11 is 1.77. The Labute approximate surface area is 77.1 Å². The SMILES string of the molecule is CCSC=Cc1cc(C)ncn1. The van der Waals surface area contributed by atoms with E-state index in [1.165, 1.54) is 0 Å². The Morgan fingerprint density at radius 3 is 3.00 bits per heavy atom. The molecule has 0 fully saturated rings. The summed E-state index contributed by atoms with van der Waals surface area (Å²) in [5, 5.41) is 2.06. The summed E-state index contributed by atoms with van der Waals surface area (Å²) in [5.74, 6) is 1.10. The van der Waals surface area contributed by atoms with Gasteiger partial charge in [-0.2, -0.15) is 0 Å². The van der Waals surface area contributed by atoms with E-state index < -0.39 is 0 Å². The van der Waals surface area contributed by atoms with E-state index in [0.29, 0.717) is 0 Å². The third-order valence-corrected chi connectivity index (χ3v) is 1.99. The molecule has 0 unspecified atom stereocenters. The molecule has 3 heteroatoms. The standard InChI is InChI=1S/C9H12N2S/c1-3-12-5-4-9-6-8(2)10-7-11-9/h4-7H,3H2,1-2H3. The second kappa shape index (κ2) is 4.93. The minimum absolute atomic E-state index is 0.975. The second-order valence-electron chi connectivity index (χ2n) is 2.34. The predicted octanol–water partition coefficient (Wildman–Crippen LogP) is 2.51. The molecule has 2 nitrogen and oxygen atoms in total. The lowest BCUT2D eigenvalue weighted by molar-refractivity contribution is 1.09. The van der Waals surface area contributed by atoms with Crippen molar-refractivity contribution in [2.24, 2.45) is 0 Å². The van der Waals surface area contributed by atoms with Crippen molar-refractivity contribution in [3.63, 3.8) is 0 Å². The molecule has 0 aromatic carbocycles. The van der Waals surface area contributed by atoms with Crippen LogP contribution in [0, 0.1) is 6.92 Å². The lowest BCUT2D eigenvalue weighted by atomic mass is 10.3. The van der Waals surface area contributed by atoms with E-state index in [4.69, 9.17) is 0 Å². The first kappa shape index (κ1) is 9.26. The van der Waals surface area contributed by atoms with Crippen molar-refractivity contribution in [2.75, 3.05) is 5.75 Å². The highest BCUT2D eigenvalue weighted by molar-refractivity contribution is 8.02. The van der Waals surface area contributed by atoms with Gasteiger partial charge in [-0.05, 0) is 30.2 Å². The van der Waals surface area contributed by atoms with E-state index in [0.717, 1.165) is 17.1 Å². The molecule has 1 aromatic heterocycles. The number of rotatable bonds is 3. The minimum atomic E-state index is 0.975. The molecule has 0 aliphatic carbocycles. The van der Waals surface area contributed by atoms with Gasteiger partial charge in [-0.25, -0.2) is 9.97 Å². The van der Waals surface area contributed by atoms with Gasteiger partial charge < -0.3 is 0 Å². The molecule has 0 saturated carbocycles. The van der Waals surface area contributed by atoms with Gasteiger partial charge in [0.1, 0.15) is 6.33 Å². The average molecular weight is 180 g/mol. The normalized spacial score (nSPS) is 10.8. The molecule has 0 N–H and O–H groups in total. The molecule has 0 spiro atoms. The van der Waals surface area contributed by atoms with Crippen LogP contribution in [0.25, 0.3) is 6.08 Å². The smallest absolute Gasteiger partial charge is 0.116 e. The van der Waals surface area contributed by atoms with Gasteiger partial charge in [0.15, 0.2) is 0 Å².